The Hall–Kier alpha value is -2.41. The van der Waals surface area contributed by atoms with Crippen molar-refractivity contribution in [2.24, 2.45) is 0 Å². The molecule has 2 rings (SSSR count). The SMILES string of the molecule is Cc1ccsc1CNc1cccc(C(=O)O)c1[N+](=O)[O-]. The highest BCUT2D eigenvalue weighted by Crippen LogP contribution is 2.29. The fourth-order valence-electron chi connectivity index (χ4n) is 1.82. The van der Waals surface area contributed by atoms with Gasteiger partial charge >= 0.3 is 11.7 Å². The number of aromatic carboxylic acids is 1. The van der Waals surface area contributed by atoms with Crippen molar-refractivity contribution in [3.63, 3.8) is 0 Å². The van der Waals surface area contributed by atoms with E-state index in [9.17, 15) is 14.9 Å². The highest BCUT2D eigenvalue weighted by molar-refractivity contribution is 7.10. The zero-order valence-electron chi connectivity index (χ0n) is 10.6. The average Bonchev–Trinajstić information content (AvgIpc) is 2.81. The number of nitrogens with one attached hydrogen (secondary N) is 1. The van der Waals surface area contributed by atoms with Gasteiger partial charge in [0, 0.05) is 11.4 Å². The number of anilines is 1. The van der Waals surface area contributed by atoms with Gasteiger partial charge in [0.25, 0.3) is 0 Å². The molecule has 0 saturated carbocycles. The molecular weight excluding hydrogens is 280 g/mol. The molecule has 0 atom stereocenters. The quantitative estimate of drug-likeness (QED) is 0.651. The maximum absolute atomic E-state index is 11.1. The van der Waals surface area contributed by atoms with Crippen molar-refractivity contribution in [3.8, 4) is 0 Å². The molecule has 20 heavy (non-hydrogen) atoms. The number of hydrogen-bond donors (Lipinski definition) is 2. The molecule has 0 fully saturated rings. The molecule has 1 aromatic heterocycles. The van der Waals surface area contributed by atoms with Crippen molar-refractivity contribution < 1.29 is 14.8 Å². The number of nitro groups is 1. The van der Waals surface area contributed by atoms with Crippen molar-refractivity contribution in [3.05, 3.63) is 55.8 Å². The molecule has 0 unspecified atom stereocenters. The minimum absolute atomic E-state index is 0.211. The molecule has 0 aliphatic heterocycles. The summed E-state index contributed by atoms with van der Waals surface area (Å²) in [5, 5.41) is 25.0. The fourth-order valence-corrected chi connectivity index (χ4v) is 2.66. The molecule has 0 radical (unpaired) electrons. The van der Waals surface area contributed by atoms with Gasteiger partial charge in [-0.15, -0.1) is 11.3 Å². The Morgan fingerprint density at radius 3 is 2.75 bits per heavy atom. The smallest absolute Gasteiger partial charge is 0.342 e. The minimum Gasteiger partial charge on any atom is -0.477 e. The number of rotatable bonds is 5. The molecule has 104 valence electrons. The molecule has 0 aliphatic rings. The number of benzene rings is 1. The molecule has 0 bridgehead atoms. The summed E-state index contributed by atoms with van der Waals surface area (Å²) in [5.74, 6) is -1.31. The number of carbonyl (C=O) groups is 1. The molecule has 0 saturated heterocycles. The predicted octanol–water partition coefficient (Wildman–Crippen LogP) is 3.28. The van der Waals surface area contributed by atoms with E-state index in [0.717, 1.165) is 10.4 Å². The number of nitro benzene ring substituents is 1. The second-order valence-corrected chi connectivity index (χ2v) is 5.15. The molecular formula is C13H12N2O4S. The van der Waals surface area contributed by atoms with E-state index in [0.29, 0.717) is 6.54 Å². The summed E-state index contributed by atoms with van der Waals surface area (Å²) >= 11 is 1.54. The first-order valence-corrected chi connectivity index (χ1v) is 6.66. The minimum atomic E-state index is -1.31. The summed E-state index contributed by atoms with van der Waals surface area (Å²) in [6.45, 7) is 2.38. The first kappa shape index (κ1) is 14.0. The summed E-state index contributed by atoms with van der Waals surface area (Å²) in [6, 6.07) is 6.18. The molecule has 2 aromatic rings. The summed E-state index contributed by atoms with van der Waals surface area (Å²) in [5.41, 5.74) is 0.583. The Labute approximate surface area is 118 Å². The van der Waals surface area contributed by atoms with Gasteiger partial charge in [0.15, 0.2) is 0 Å². The molecule has 1 aromatic carbocycles. The lowest BCUT2D eigenvalue weighted by Crippen LogP contribution is -2.07. The van der Waals surface area contributed by atoms with Crippen LogP contribution in [-0.2, 0) is 6.54 Å². The van der Waals surface area contributed by atoms with Gasteiger partial charge in [-0.1, -0.05) is 6.07 Å². The maximum atomic E-state index is 11.1. The van der Waals surface area contributed by atoms with E-state index in [1.54, 1.807) is 11.3 Å². The monoisotopic (exact) mass is 292 g/mol. The van der Waals surface area contributed by atoms with Crippen molar-refractivity contribution in [2.75, 3.05) is 5.32 Å². The van der Waals surface area contributed by atoms with Gasteiger partial charge in [-0.05, 0) is 36.1 Å². The van der Waals surface area contributed by atoms with Crippen molar-refractivity contribution in [1.82, 2.24) is 0 Å². The number of carboxylic acid groups (broad SMARTS) is 1. The number of thiophene rings is 1. The highest BCUT2D eigenvalue weighted by atomic mass is 32.1. The molecule has 7 heteroatoms. The molecule has 2 N–H and O–H groups in total. The van der Waals surface area contributed by atoms with Crippen LogP contribution in [0.2, 0.25) is 0 Å². The lowest BCUT2D eigenvalue weighted by Gasteiger charge is -2.08. The normalized spacial score (nSPS) is 10.2. The molecule has 0 spiro atoms. The van der Waals surface area contributed by atoms with Crippen LogP contribution in [0.4, 0.5) is 11.4 Å². The first-order valence-electron chi connectivity index (χ1n) is 5.78. The van der Waals surface area contributed by atoms with Crippen LogP contribution in [0.1, 0.15) is 20.8 Å². The summed E-state index contributed by atoms with van der Waals surface area (Å²) in [7, 11) is 0. The van der Waals surface area contributed by atoms with Gasteiger partial charge in [-0.25, -0.2) is 4.79 Å². The van der Waals surface area contributed by atoms with Crippen LogP contribution in [0.5, 0.6) is 0 Å². The van der Waals surface area contributed by atoms with Gasteiger partial charge in [-0.2, -0.15) is 0 Å². The number of aryl methyl sites for hydroxylation is 1. The van der Waals surface area contributed by atoms with Crippen molar-refractivity contribution >= 4 is 28.7 Å². The Morgan fingerprint density at radius 1 is 1.45 bits per heavy atom. The van der Waals surface area contributed by atoms with E-state index in [4.69, 9.17) is 5.11 Å². The van der Waals surface area contributed by atoms with E-state index in [2.05, 4.69) is 5.32 Å². The van der Waals surface area contributed by atoms with Crippen LogP contribution in [0, 0.1) is 17.0 Å². The third-order valence-corrected chi connectivity index (χ3v) is 3.88. The topological polar surface area (TPSA) is 92.5 Å². The average molecular weight is 292 g/mol. The van der Waals surface area contributed by atoms with E-state index in [-0.39, 0.29) is 11.3 Å². The van der Waals surface area contributed by atoms with Crippen LogP contribution < -0.4 is 5.32 Å². The van der Waals surface area contributed by atoms with Gasteiger partial charge in [0.2, 0.25) is 0 Å². The van der Waals surface area contributed by atoms with E-state index >= 15 is 0 Å². The van der Waals surface area contributed by atoms with Crippen LogP contribution in [0.25, 0.3) is 0 Å². The summed E-state index contributed by atoms with van der Waals surface area (Å²) < 4.78 is 0. The lowest BCUT2D eigenvalue weighted by molar-refractivity contribution is -0.384. The molecule has 6 nitrogen and oxygen atoms in total. The van der Waals surface area contributed by atoms with Gasteiger partial charge in [0.1, 0.15) is 11.3 Å². The number of para-hydroxylation sites is 1. The van der Waals surface area contributed by atoms with Crippen LogP contribution >= 0.6 is 11.3 Å². The Bertz CT molecular complexity index is 666. The van der Waals surface area contributed by atoms with Gasteiger partial charge in [-0.3, -0.25) is 10.1 Å². The van der Waals surface area contributed by atoms with E-state index in [1.807, 2.05) is 18.4 Å². The lowest BCUT2D eigenvalue weighted by atomic mass is 10.1. The second-order valence-electron chi connectivity index (χ2n) is 4.14. The zero-order valence-corrected chi connectivity index (χ0v) is 11.4. The van der Waals surface area contributed by atoms with Crippen LogP contribution in [0.3, 0.4) is 0 Å². The largest absolute Gasteiger partial charge is 0.477 e. The van der Waals surface area contributed by atoms with Crippen molar-refractivity contribution in [1.29, 1.82) is 0 Å². The Balaban J connectivity index is 2.32. The highest BCUT2D eigenvalue weighted by Gasteiger charge is 2.24. The van der Waals surface area contributed by atoms with Gasteiger partial charge in [0.05, 0.1) is 4.92 Å². The molecule has 0 aliphatic carbocycles. The Kier molecular flexibility index (Phi) is 3.99. The number of carboxylic acids is 1. The van der Waals surface area contributed by atoms with Crippen LogP contribution in [-0.4, -0.2) is 16.0 Å². The Morgan fingerprint density at radius 2 is 2.20 bits per heavy atom. The van der Waals surface area contributed by atoms with E-state index < -0.39 is 16.6 Å². The zero-order chi connectivity index (χ0) is 14.7. The predicted molar refractivity (Wildman–Crippen MR) is 76.4 cm³/mol. The standard InChI is InChI=1S/C13H12N2O4S/c1-8-5-6-20-11(8)7-14-10-4-2-3-9(13(16)17)12(10)15(18)19/h2-6,14H,7H2,1H3,(H,16,17). The fraction of sp³-hybridized carbons (Fsp3) is 0.154. The first-order chi connectivity index (χ1) is 9.50. The van der Waals surface area contributed by atoms with Crippen molar-refractivity contribution in [2.45, 2.75) is 13.5 Å². The summed E-state index contributed by atoms with van der Waals surface area (Å²) in [6.07, 6.45) is 0. The number of nitrogens with zero attached hydrogens (tertiary/aromatic N) is 1. The molecule has 0 amide bonds. The van der Waals surface area contributed by atoms with Crippen LogP contribution in [0.15, 0.2) is 29.6 Å². The molecule has 1 heterocycles. The second kappa shape index (κ2) is 5.70. The third kappa shape index (κ3) is 2.77. The maximum Gasteiger partial charge on any atom is 0.342 e. The summed E-state index contributed by atoms with van der Waals surface area (Å²) in [4.78, 5) is 22.5. The van der Waals surface area contributed by atoms with E-state index in [1.165, 1.54) is 18.2 Å². The van der Waals surface area contributed by atoms with Gasteiger partial charge < -0.3 is 10.4 Å². The number of hydrogen-bond acceptors (Lipinski definition) is 5. The third-order valence-electron chi connectivity index (χ3n) is 2.86.